The second-order valence-corrected chi connectivity index (χ2v) is 4.53. The van der Waals surface area contributed by atoms with E-state index in [1.165, 1.54) is 12.2 Å². The summed E-state index contributed by atoms with van der Waals surface area (Å²) in [5.41, 5.74) is 3.02. The van der Waals surface area contributed by atoms with Gasteiger partial charge in [0, 0.05) is 17.7 Å². The fourth-order valence-corrected chi connectivity index (χ4v) is 2.05. The highest BCUT2D eigenvalue weighted by Crippen LogP contribution is 2.25. The Morgan fingerprint density at radius 1 is 1.37 bits per heavy atom. The highest BCUT2D eigenvalue weighted by Gasteiger charge is 2.10. The number of phenolic OH excluding ortho intramolecular Hbond substituents is 1. The Kier molecular flexibility index (Phi) is 3.80. The number of nitro groups is 1. The van der Waals surface area contributed by atoms with E-state index in [4.69, 9.17) is 0 Å². The molecule has 0 spiro atoms. The number of rotatable bonds is 3. The van der Waals surface area contributed by atoms with Gasteiger partial charge in [-0.05, 0) is 31.4 Å². The van der Waals surface area contributed by atoms with E-state index < -0.39 is 4.92 Å². The number of allylic oxidation sites excluding steroid dienone is 5. The summed E-state index contributed by atoms with van der Waals surface area (Å²) in [6.07, 6.45) is 7.83. The van der Waals surface area contributed by atoms with Gasteiger partial charge in [-0.3, -0.25) is 10.1 Å². The molecular formula is C15H15NO3. The molecule has 0 heterocycles. The molecule has 0 fully saturated rings. The van der Waals surface area contributed by atoms with Crippen molar-refractivity contribution in [2.45, 2.75) is 19.8 Å². The molecular weight excluding hydrogens is 242 g/mol. The highest BCUT2D eigenvalue weighted by atomic mass is 16.6. The van der Waals surface area contributed by atoms with Crippen LogP contribution in [0.15, 0.2) is 53.8 Å². The summed E-state index contributed by atoms with van der Waals surface area (Å²) in [6.45, 7) is 1.94. The maximum absolute atomic E-state index is 10.7. The van der Waals surface area contributed by atoms with Crippen LogP contribution < -0.4 is 0 Å². The molecule has 0 unspecified atom stereocenters. The smallest absolute Gasteiger partial charge is 0.269 e. The number of hydrogen-bond donors (Lipinski definition) is 1. The number of aryl methyl sites for hydroxylation is 1. The maximum atomic E-state index is 10.7. The van der Waals surface area contributed by atoms with E-state index in [-0.39, 0.29) is 11.4 Å². The van der Waals surface area contributed by atoms with Gasteiger partial charge in [-0.1, -0.05) is 29.9 Å². The van der Waals surface area contributed by atoms with Crippen LogP contribution in [0.25, 0.3) is 0 Å². The molecule has 0 saturated heterocycles. The quantitative estimate of drug-likeness (QED) is 0.667. The molecule has 4 nitrogen and oxygen atoms in total. The van der Waals surface area contributed by atoms with Gasteiger partial charge in [0.2, 0.25) is 0 Å². The molecule has 1 aliphatic carbocycles. The number of nitrogens with zero attached hydrogens (tertiary/aromatic N) is 1. The second-order valence-electron chi connectivity index (χ2n) is 4.53. The summed E-state index contributed by atoms with van der Waals surface area (Å²) in [5.74, 6) is 0.271. The first-order valence-electron chi connectivity index (χ1n) is 6.06. The molecule has 2 rings (SSSR count). The lowest BCUT2D eigenvalue weighted by molar-refractivity contribution is -0.419. The third kappa shape index (κ3) is 3.10. The summed E-state index contributed by atoms with van der Waals surface area (Å²) in [7, 11) is 0. The van der Waals surface area contributed by atoms with Crippen molar-refractivity contribution in [3.63, 3.8) is 0 Å². The standard InChI is InChI=1S/C15H15NO3/c1-11-4-2-7-15(17)14(11)10-12-5-3-6-13(9-8-12)16(18)19/h2-4,6-9,17H,5,10H2,1H3. The lowest BCUT2D eigenvalue weighted by Gasteiger charge is -2.09. The Bertz CT molecular complexity index is 577. The molecule has 1 aliphatic rings. The summed E-state index contributed by atoms with van der Waals surface area (Å²) in [4.78, 5) is 10.3. The lowest BCUT2D eigenvalue weighted by Crippen LogP contribution is -1.94. The van der Waals surface area contributed by atoms with E-state index in [1.807, 2.05) is 13.0 Å². The first-order valence-corrected chi connectivity index (χ1v) is 6.06. The number of benzene rings is 1. The Labute approximate surface area is 111 Å². The van der Waals surface area contributed by atoms with Crippen LogP contribution in [0.5, 0.6) is 5.75 Å². The van der Waals surface area contributed by atoms with Crippen molar-refractivity contribution >= 4 is 0 Å². The van der Waals surface area contributed by atoms with E-state index in [2.05, 4.69) is 0 Å². The minimum absolute atomic E-state index is 0.0870. The van der Waals surface area contributed by atoms with Crippen molar-refractivity contribution in [2.75, 3.05) is 0 Å². The van der Waals surface area contributed by atoms with E-state index in [9.17, 15) is 15.2 Å². The third-order valence-corrected chi connectivity index (χ3v) is 3.16. The Balaban J connectivity index is 2.25. The molecule has 0 radical (unpaired) electrons. The zero-order chi connectivity index (χ0) is 13.8. The van der Waals surface area contributed by atoms with E-state index >= 15 is 0 Å². The van der Waals surface area contributed by atoms with Gasteiger partial charge in [-0.25, -0.2) is 0 Å². The summed E-state index contributed by atoms with van der Waals surface area (Å²) >= 11 is 0. The maximum Gasteiger partial charge on any atom is 0.269 e. The molecule has 0 aliphatic heterocycles. The molecule has 19 heavy (non-hydrogen) atoms. The monoisotopic (exact) mass is 257 g/mol. The Hall–Kier alpha value is -2.36. The SMILES string of the molecule is Cc1cccc(O)c1CC1=CC=C([N+](=O)[O-])C=CC1. The molecule has 0 bridgehead atoms. The van der Waals surface area contributed by atoms with Crippen LogP contribution >= 0.6 is 0 Å². The summed E-state index contributed by atoms with van der Waals surface area (Å²) < 4.78 is 0. The molecule has 0 amide bonds. The molecule has 0 saturated carbocycles. The minimum atomic E-state index is -0.402. The summed E-state index contributed by atoms with van der Waals surface area (Å²) in [5, 5.41) is 20.6. The van der Waals surface area contributed by atoms with Crippen molar-refractivity contribution in [3.8, 4) is 5.75 Å². The van der Waals surface area contributed by atoms with Crippen LogP contribution in [0.2, 0.25) is 0 Å². The van der Waals surface area contributed by atoms with Gasteiger partial charge in [0.15, 0.2) is 0 Å². The lowest BCUT2D eigenvalue weighted by atomic mass is 9.98. The van der Waals surface area contributed by atoms with E-state index in [0.29, 0.717) is 12.8 Å². The minimum Gasteiger partial charge on any atom is -0.508 e. The van der Waals surface area contributed by atoms with Gasteiger partial charge in [0.25, 0.3) is 5.70 Å². The van der Waals surface area contributed by atoms with Crippen molar-refractivity contribution in [1.29, 1.82) is 0 Å². The van der Waals surface area contributed by atoms with Gasteiger partial charge in [0.1, 0.15) is 5.75 Å². The molecule has 1 N–H and O–H groups in total. The van der Waals surface area contributed by atoms with Crippen LogP contribution in [-0.2, 0) is 6.42 Å². The van der Waals surface area contributed by atoms with Gasteiger partial charge in [-0.2, -0.15) is 0 Å². The second kappa shape index (κ2) is 5.52. The number of phenols is 1. The van der Waals surface area contributed by atoms with Gasteiger partial charge >= 0.3 is 0 Å². The van der Waals surface area contributed by atoms with Crippen LogP contribution in [-0.4, -0.2) is 10.0 Å². The number of aromatic hydroxyl groups is 1. The predicted molar refractivity (Wildman–Crippen MR) is 73.5 cm³/mol. The number of hydrogen-bond acceptors (Lipinski definition) is 3. The van der Waals surface area contributed by atoms with Crippen LogP contribution in [0.1, 0.15) is 17.5 Å². The van der Waals surface area contributed by atoms with Crippen molar-refractivity contribution in [3.05, 3.63) is 75.0 Å². The van der Waals surface area contributed by atoms with Crippen LogP contribution in [0.3, 0.4) is 0 Å². The molecule has 0 atom stereocenters. The molecule has 0 aromatic heterocycles. The topological polar surface area (TPSA) is 63.4 Å². The van der Waals surface area contributed by atoms with Gasteiger partial charge in [-0.15, -0.1) is 0 Å². The highest BCUT2D eigenvalue weighted by molar-refractivity contribution is 5.42. The molecule has 4 heteroatoms. The van der Waals surface area contributed by atoms with Gasteiger partial charge < -0.3 is 5.11 Å². The van der Waals surface area contributed by atoms with Crippen molar-refractivity contribution < 1.29 is 10.0 Å². The zero-order valence-electron chi connectivity index (χ0n) is 10.7. The Morgan fingerprint density at radius 3 is 2.84 bits per heavy atom. The van der Waals surface area contributed by atoms with E-state index in [1.54, 1.807) is 24.3 Å². The largest absolute Gasteiger partial charge is 0.508 e. The summed E-state index contributed by atoms with van der Waals surface area (Å²) in [6, 6.07) is 5.41. The third-order valence-electron chi connectivity index (χ3n) is 3.16. The van der Waals surface area contributed by atoms with Crippen molar-refractivity contribution in [2.24, 2.45) is 0 Å². The zero-order valence-corrected chi connectivity index (χ0v) is 10.7. The average molecular weight is 257 g/mol. The van der Waals surface area contributed by atoms with Gasteiger partial charge in [0.05, 0.1) is 4.92 Å². The Morgan fingerprint density at radius 2 is 2.16 bits per heavy atom. The molecule has 1 aromatic rings. The van der Waals surface area contributed by atoms with E-state index in [0.717, 1.165) is 16.7 Å². The average Bonchev–Trinajstić information content (AvgIpc) is 2.59. The predicted octanol–water partition coefficient (Wildman–Crippen LogP) is 3.29. The van der Waals surface area contributed by atoms with Crippen LogP contribution in [0, 0.1) is 17.0 Å². The fourth-order valence-electron chi connectivity index (χ4n) is 2.05. The first-order chi connectivity index (χ1) is 9.08. The first kappa shape index (κ1) is 13.1. The van der Waals surface area contributed by atoms with Crippen molar-refractivity contribution in [1.82, 2.24) is 0 Å². The normalized spacial score (nSPS) is 14.6. The molecule has 98 valence electrons. The fraction of sp³-hybridized carbons (Fsp3) is 0.200. The van der Waals surface area contributed by atoms with Crippen LogP contribution in [0.4, 0.5) is 0 Å². The molecule has 1 aromatic carbocycles.